The summed E-state index contributed by atoms with van der Waals surface area (Å²) in [7, 11) is 0. The predicted octanol–water partition coefficient (Wildman–Crippen LogP) is 0.301. The fourth-order valence-electron chi connectivity index (χ4n) is 1.49. The summed E-state index contributed by atoms with van der Waals surface area (Å²) in [6, 6.07) is 0.295. The first-order chi connectivity index (χ1) is 5.34. The Labute approximate surface area is 66.1 Å². The molecule has 1 saturated heterocycles. The highest BCUT2D eigenvalue weighted by atomic mass is 16.5. The number of carbonyl (C=O) groups is 1. The van der Waals surface area contributed by atoms with Crippen molar-refractivity contribution in [2.24, 2.45) is 5.92 Å². The van der Waals surface area contributed by atoms with Crippen molar-refractivity contribution in [3.63, 3.8) is 0 Å². The molecule has 1 aliphatic heterocycles. The van der Waals surface area contributed by atoms with Crippen molar-refractivity contribution in [1.29, 1.82) is 0 Å². The van der Waals surface area contributed by atoms with Crippen molar-refractivity contribution in [1.82, 2.24) is 5.32 Å². The Hall–Kier alpha value is -0.570. The van der Waals surface area contributed by atoms with Gasteiger partial charge in [-0.05, 0) is 12.3 Å². The highest BCUT2D eigenvalue weighted by Gasteiger charge is 2.28. The molecule has 0 aromatic carbocycles. The van der Waals surface area contributed by atoms with Crippen LogP contribution in [0.3, 0.4) is 0 Å². The zero-order valence-electron chi connectivity index (χ0n) is 6.51. The van der Waals surface area contributed by atoms with Crippen LogP contribution in [-0.4, -0.2) is 25.2 Å². The first-order valence-electron chi connectivity index (χ1n) is 4.21. The maximum atomic E-state index is 10.8. The molecule has 1 amide bonds. The van der Waals surface area contributed by atoms with Gasteiger partial charge in [0.2, 0.25) is 5.91 Å². The third kappa shape index (κ3) is 1.93. The third-order valence-electron chi connectivity index (χ3n) is 2.23. The van der Waals surface area contributed by atoms with Crippen molar-refractivity contribution in [3.05, 3.63) is 0 Å². The first-order valence-corrected chi connectivity index (χ1v) is 4.21. The van der Waals surface area contributed by atoms with Gasteiger partial charge in [-0.3, -0.25) is 4.79 Å². The molecular weight excluding hydrogens is 142 g/mol. The highest BCUT2D eigenvalue weighted by Crippen LogP contribution is 2.33. The van der Waals surface area contributed by atoms with Crippen LogP contribution in [0.25, 0.3) is 0 Å². The van der Waals surface area contributed by atoms with Gasteiger partial charge in [0.25, 0.3) is 0 Å². The summed E-state index contributed by atoms with van der Waals surface area (Å²) in [5.41, 5.74) is 0. The second-order valence-electron chi connectivity index (χ2n) is 3.46. The molecule has 0 aromatic rings. The average Bonchev–Trinajstić information content (AvgIpc) is 2.71. The quantitative estimate of drug-likeness (QED) is 0.623. The lowest BCUT2D eigenvalue weighted by Crippen LogP contribution is -2.45. The summed E-state index contributed by atoms with van der Waals surface area (Å²) in [6.07, 6.45) is 3.80. The number of ether oxygens (including phenoxy) is 1. The van der Waals surface area contributed by atoms with Crippen molar-refractivity contribution in [2.75, 3.05) is 13.2 Å². The summed E-state index contributed by atoms with van der Waals surface area (Å²) in [5.74, 6) is 0.906. The van der Waals surface area contributed by atoms with Crippen molar-refractivity contribution < 1.29 is 9.53 Å². The Morgan fingerprint density at radius 3 is 3.00 bits per heavy atom. The van der Waals surface area contributed by atoms with Crippen LogP contribution in [0, 0.1) is 5.92 Å². The molecular formula is C8H13NO2. The lowest BCUT2D eigenvalue weighted by atomic mass is 10.1. The van der Waals surface area contributed by atoms with Gasteiger partial charge < -0.3 is 10.1 Å². The van der Waals surface area contributed by atoms with Crippen molar-refractivity contribution in [2.45, 2.75) is 25.3 Å². The minimum atomic E-state index is 0.0434. The molecule has 1 aliphatic carbocycles. The Kier molecular flexibility index (Phi) is 1.82. The van der Waals surface area contributed by atoms with Gasteiger partial charge in [-0.15, -0.1) is 0 Å². The maximum absolute atomic E-state index is 10.8. The van der Waals surface area contributed by atoms with Gasteiger partial charge in [-0.2, -0.15) is 0 Å². The van der Waals surface area contributed by atoms with E-state index in [0.717, 1.165) is 12.3 Å². The molecule has 0 bridgehead atoms. The van der Waals surface area contributed by atoms with Gasteiger partial charge in [0.15, 0.2) is 0 Å². The zero-order chi connectivity index (χ0) is 7.68. The molecule has 2 fully saturated rings. The number of morpholine rings is 1. The molecule has 11 heavy (non-hydrogen) atoms. The number of hydrogen-bond acceptors (Lipinski definition) is 2. The molecule has 62 valence electrons. The van der Waals surface area contributed by atoms with Crippen LogP contribution in [0.15, 0.2) is 0 Å². The number of amides is 1. The number of rotatable bonds is 2. The Bertz CT molecular complexity index is 165. The normalized spacial score (nSPS) is 31.6. The van der Waals surface area contributed by atoms with Crippen LogP contribution in [0.2, 0.25) is 0 Å². The fourth-order valence-corrected chi connectivity index (χ4v) is 1.49. The summed E-state index contributed by atoms with van der Waals surface area (Å²) < 4.78 is 5.11. The molecule has 0 spiro atoms. The SMILES string of the molecule is O=C1COCC(CC2CC2)N1. The van der Waals surface area contributed by atoms with Crippen LogP contribution in [-0.2, 0) is 9.53 Å². The fraction of sp³-hybridized carbons (Fsp3) is 0.875. The van der Waals surface area contributed by atoms with E-state index in [1.54, 1.807) is 0 Å². The minimum Gasteiger partial charge on any atom is -0.370 e. The van der Waals surface area contributed by atoms with Gasteiger partial charge in [0.05, 0.1) is 12.6 Å². The zero-order valence-corrected chi connectivity index (χ0v) is 6.51. The van der Waals surface area contributed by atoms with E-state index in [1.807, 2.05) is 0 Å². The summed E-state index contributed by atoms with van der Waals surface area (Å²) in [4.78, 5) is 10.8. The highest BCUT2D eigenvalue weighted by molar-refractivity contribution is 5.78. The largest absolute Gasteiger partial charge is 0.370 e. The summed E-state index contributed by atoms with van der Waals surface area (Å²) >= 11 is 0. The lowest BCUT2D eigenvalue weighted by Gasteiger charge is -2.23. The van der Waals surface area contributed by atoms with E-state index < -0.39 is 0 Å². The van der Waals surface area contributed by atoms with Crippen molar-refractivity contribution in [3.8, 4) is 0 Å². The van der Waals surface area contributed by atoms with E-state index in [9.17, 15) is 4.79 Å². The standard InChI is InChI=1S/C8H13NO2/c10-8-5-11-4-7(9-8)3-6-1-2-6/h6-7H,1-5H2,(H,9,10). The second-order valence-corrected chi connectivity index (χ2v) is 3.46. The molecule has 0 aromatic heterocycles. The average molecular weight is 155 g/mol. The van der Waals surface area contributed by atoms with E-state index in [4.69, 9.17) is 4.74 Å². The summed E-state index contributed by atoms with van der Waals surface area (Å²) in [5, 5.41) is 2.92. The Balaban J connectivity index is 1.77. The molecule has 1 atom stereocenters. The van der Waals surface area contributed by atoms with E-state index in [-0.39, 0.29) is 12.5 Å². The van der Waals surface area contributed by atoms with E-state index >= 15 is 0 Å². The number of hydrogen-bond donors (Lipinski definition) is 1. The molecule has 1 unspecified atom stereocenters. The molecule has 1 heterocycles. The molecule has 3 heteroatoms. The molecule has 1 N–H and O–H groups in total. The second kappa shape index (κ2) is 2.81. The van der Waals surface area contributed by atoms with Gasteiger partial charge in [-0.25, -0.2) is 0 Å². The minimum absolute atomic E-state index is 0.0434. The number of carbonyl (C=O) groups excluding carboxylic acids is 1. The molecule has 3 nitrogen and oxygen atoms in total. The van der Waals surface area contributed by atoms with Crippen LogP contribution in [0.5, 0.6) is 0 Å². The van der Waals surface area contributed by atoms with Gasteiger partial charge in [0.1, 0.15) is 6.61 Å². The molecule has 1 saturated carbocycles. The maximum Gasteiger partial charge on any atom is 0.246 e. The van der Waals surface area contributed by atoms with E-state index in [2.05, 4.69) is 5.32 Å². The van der Waals surface area contributed by atoms with Crippen LogP contribution >= 0.6 is 0 Å². The summed E-state index contributed by atoms with van der Waals surface area (Å²) in [6.45, 7) is 0.962. The topological polar surface area (TPSA) is 38.3 Å². The van der Waals surface area contributed by atoms with Crippen molar-refractivity contribution >= 4 is 5.91 Å². The van der Waals surface area contributed by atoms with Crippen LogP contribution < -0.4 is 5.32 Å². The van der Waals surface area contributed by atoms with E-state index in [1.165, 1.54) is 12.8 Å². The van der Waals surface area contributed by atoms with Gasteiger partial charge in [-0.1, -0.05) is 12.8 Å². The molecule has 0 radical (unpaired) electrons. The third-order valence-corrected chi connectivity index (χ3v) is 2.23. The van der Waals surface area contributed by atoms with Gasteiger partial charge in [0, 0.05) is 0 Å². The lowest BCUT2D eigenvalue weighted by molar-refractivity contribution is -0.131. The van der Waals surface area contributed by atoms with Crippen LogP contribution in [0.1, 0.15) is 19.3 Å². The van der Waals surface area contributed by atoms with Gasteiger partial charge >= 0.3 is 0 Å². The first kappa shape index (κ1) is 7.10. The molecule has 2 aliphatic rings. The predicted molar refractivity (Wildman–Crippen MR) is 40.1 cm³/mol. The Morgan fingerprint density at radius 1 is 1.55 bits per heavy atom. The number of nitrogens with one attached hydrogen (secondary N) is 1. The van der Waals surface area contributed by atoms with E-state index in [0.29, 0.717) is 12.6 Å². The smallest absolute Gasteiger partial charge is 0.246 e. The molecule has 2 rings (SSSR count). The monoisotopic (exact) mass is 155 g/mol. The Morgan fingerprint density at radius 2 is 2.36 bits per heavy atom. The van der Waals surface area contributed by atoms with Crippen LogP contribution in [0.4, 0.5) is 0 Å².